The molecular formula is C9H18O2. The Balaban J connectivity index is 2.95. The molecule has 1 atom stereocenters. The Morgan fingerprint density at radius 3 is 2.55 bits per heavy atom. The molecule has 0 radical (unpaired) electrons. The maximum absolute atomic E-state index is 8.94. The van der Waals surface area contributed by atoms with Crippen LogP contribution in [0.4, 0.5) is 0 Å². The van der Waals surface area contributed by atoms with Gasteiger partial charge in [-0.25, -0.2) is 0 Å². The normalized spacial score (nSPS) is 12.9. The number of hydrogen-bond acceptors (Lipinski definition) is 2. The standard InChI is InChI=1S/C9H18O2/c1-2-3-4-5-6-7-9(11)8-10/h2,9-11H,1,3-8H2. The van der Waals surface area contributed by atoms with Gasteiger partial charge in [-0.3, -0.25) is 0 Å². The summed E-state index contributed by atoms with van der Waals surface area (Å²) in [7, 11) is 0. The Morgan fingerprint density at radius 2 is 2.00 bits per heavy atom. The van der Waals surface area contributed by atoms with Crippen LogP contribution in [0.1, 0.15) is 32.1 Å². The van der Waals surface area contributed by atoms with E-state index < -0.39 is 6.10 Å². The number of hydrogen-bond donors (Lipinski definition) is 2. The van der Waals surface area contributed by atoms with E-state index in [1.807, 2.05) is 6.08 Å². The molecule has 1 unspecified atom stereocenters. The zero-order valence-corrected chi connectivity index (χ0v) is 7.00. The van der Waals surface area contributed by atoms with E-state index in [1.165, 1.54) is 0 Å². The van der Waals surface area contributed by atoms with Crippen molar-refractivity contribution in [1.29, 1.82) is 0 Å². The van der Waals surface area contributed by atoms with Crippen LogP contribution in [-0.4, -0.2) is 22.9 Å². The maximum Gasteiger partial charge on any atom is 0.0770 e. The highest BCUT2D eigenvalue weighted by atomic mass is 16.3. The minimum Gasteiger partial charge on any atom is -0.394 e. The Kier molecular flexibility index (Phi) is 7.52. The summed E-state index contributed by atoms with van der Waals surface area (Å²) in [5, 5.41) is 17.4. The van der Waals surface area contributed by atoms with Gasteiger partial charge in [-0.05, 0) is 19.3 Å². The third-order valence-corrected chi connectivity index (χ3v) is 1.66. The van der Waals surface area contributed by atoms with E-state index in [1.54, 1.807) is 0 Å². The summed E-state index contributed by atoms with van der Waals surface area (Å²) in [5.41, 5.74) is 0. The lowest BCUT2D eigenvalue weighted by atomic mass is 10.1. The largest absolute Gasteiger partial charge is 0.394 e. The van der Waals surface area contributed by atoms with Crippen molar-refractivity contribution in [2.75, 3.05) is 6.61 Å². The first-order chi connectivity index (χ1) is 5.31. The third kappa shape index (κ3) is 7.56. The van der Waals surface area contributed by atoms with Gasteiger partial charge < -0.3 is 10.2 Å². The fourth-order valence-electron chi connectivity index (χ4n) is 0.937. The van der Waals surface area contributed by atoms with Crippen molar-refractivity contribution in [3.05, 3.63) is 12.7 Å². The third-order valence-electron chi connectivity index (χ3n) is 1.66. The summed E-state index contributed by atoms with van der Waals surface area (Å²) in [4.78, 5) is 0. The molecule has 0 rings (SSSR count). The number of unbranched alkanes of at least 4 members (excludes halogenated alkanes) is 3. The van der Waals surface area contributed by atoms with Gasteiger partial charge in [0.2, 0.25) is 0 Å². The van der Waals surface area contributed by atoms with Crippen LogP contribution >= 0.6 is 0 Å². The van der Waals surface area contributed by atoms with Gasteiger partial charge in [-0.15, -0.1) is 6.58 Å². The summed E-state index contributed by atoms with van der Waals surface area (Å²) in [6.07, 6.45) is 6.41. The SMILES string of the molecule is C=CCCCCCC(O)CO. The van der Waals surface area contributed by atoms with Gasteiger partial charge in [-0.1, -0.05) is 18.9 Å². The molecule has 0 saturated carbocycles. The molecule has 2 N–H and O–H groups in total. The second kappa shape index (κ2) is 7.76. The molecule has 0 spiro atoms. The van der Waals surface area contributed by atoms with Crippen molar-refractivity contribution in [1.82, 2.24) is 0 Å². The summed E-state index contributed by atoms with van der Waals surface area (Å²) in [6.45, 7) is 3.51. The molecular weight excluding hydrogens is 140 g/mol. The predicted molar refractivity (Wildman–Crippen MR) is 46.4 cm³/mol. The zero-order chi connectivity index (χ0) is 8.53. The fourth-order valence-corrected chi connectivity index (χ4v) is 0.937. The van der Waals surface area contributed by atoms with Crippen LogP contribution in [0, 0.1) is 0 Å². The van der Waals surface area contributed by atoms with E-state index in [0.29, 0.717) is 6.42 Å². The lowest BCUT2D eigenvalue weighted by molar-refractivity contribution is 0.0860. The molecule has 0 aromatic carbocycles. The average Bonchev–Trinajstić information content (AvgIpc) is 2.04. The van der Waals surface area contributed by atoms with Crippen molar-refractivity contribution < 1.29 is 10.2 Å². The van der Waals surface area contributed by atoms with Crippen molar-refractivity contribution in [2.24, 2.45) is 0 Å². The van der Waals surface area contributed by atoms with Gasteiger partial charge in [0, 0.05) is 0 Å². The van der Waals surface area contributed by atoms with Gasteiger partial charge in [0.05, 0.1) is 12.7 Å². The Morgan fingerprint density at radius 1 is 1.27 bits per heavy atom. The zero-order valence-electron chi connectivity index (χ0n) is 7.00. The van der Waals surface area contributed by atoms with Gasteiger partial charge in [0.1, 0.15) is 0 Å². The minimum atomic E-state index is -0.515. The molecule has 0 aromatic rings. The molecule has 0 fully saturated rings. The van der Waals surface area contributed by atoms with E-state index in [0.717, 1.165) is 25.7 Å². The fraction of sp³-hybridized carbons (Fsp3) is 0.778. The molecule has 2 heteroatoms. The molecule has 0 heterocycles. The Bertz CT molecular complexity index is 91.6. The van der Waals surface area contributed by atoms with Crippen LogP contribution in [0.3, 0.4) is 0 Å². The number of allylic oxidation sites excluding steroid dienone is 1. The van der Waals surface area contributed by atoms with E-state index in [-0.39, 0.29) is 6.61 Å². The van der Waals surface area contributed by atoms with Crippen LogP contribution in [-0.2, 0) is 0 Å². The topological polar surface area (TPSA) is 40.5 Å². The molecule has 0 aliphatic heterocycles. The first kappa shape index (κ1) is 10.7. The minimum absolute atomic E-state index is 0.110. The molecule has 0 aliphatic rings. The first-order valence-electron chi connectivity index (χ1n) is 4.21. The smallest absolute Gasteiger partial charge is 0.0770 e. The second-order valence-corrected chi connectivity index (χ2v) is 2.76. The molecule has 0 saturated heterocycles. The van der Waals surface area contributed by atoms with Crippen LogP contribution in [0.2, 0.25) is 0 Å². The lowest BCUT2D eigenvalue weighted by Gasteiger charge is -2.04. The van der Waals surface area contributed by atoms with E-state index in [2.05, 4.69) is 6.58 Å². The Hall–Kier alpha value is -0.340. The first-order valence-corrected chi connectivity index (χ1v) is 4.21. The highest BCUT2D eigenvalue weighted by molar-refractivity contribution is 4.65. The molecule has 0 aliphatic carbocycles. The average molecular weight is 158 g/mol. The van der Waals surface area contributed by atoms with Crippen molar-refractivity contribution in [2.45, 2.75) is 38.2 Å². The highest BCUT2D eigenvalue weighted by Crippen LogP contribution is 2.05. The van der Waals surface area contributed by atoms with Crippen LogP contribution in [0.5, 0.6) is 0 Å². The second-order valence-electron chi connectivity index (χ2n) is 2.76. The Labute approximate surface area is 68.6 Å². The monoisotopic (exact) mass is 158 g/mol. The molecule has 11 heavy (non-hydrogen) atoms. The molecule has 0 bridgehead atoms. The van der Waals surface area contributed by atoms with Crippen molar-refractivity contribution >= 4 is 0 Å². The highest BCUT2D eigenvalue weighted by Gasteiger charge is 1.99. The molecule has 66 valence electrons. The van der Waals surface area contributed by atoms with Gasteiger partial charge >= 0.3 is 0 Å². The number of aliphatic hydroxyl groups excluding tert-OH is 2. The maximum atomic E-state index is 8.94. The van der Waals surface area contributed by atoms with Crippen molar-refractivity contribution in [3.63, 3.8) is 0 Å². The predicted octanol–water partition coefficient (Wildman–Crippen LogP) is 1.48. The lowest BCUT2D eigenvalue weighted by Crippen LogP contribution is -2.10. The van der Waals surface area contributed by atoms with Gasteiger partial charge in [0.15, 0.2) is 0 Å². The van der Waals surface area contributed by atoms with Crippen molar-refractivity contribution in [3.8, 4) is 0 Å². The summed E-state index contributed by atoms with van der Waals surface area (Å²) < 4.78 is 0. The van der Waals surface area contributed by atoms with Gasteiger partial charge in [0.25, 0.3) is 0 Å². The molecule has 2 nitrogen and oxygen atoms in total. The quantitative estimate of drug-likeness (QED) is 0.435. The molecule has 0 amide bonds. The number of rotatable bonds is 7. The van der Waals surface area contributed by atoms with E-state index in [4.69, 9.17) is 10.2 Å². The number of aliphatic hydroxyl groups is 2. The van der Waals surface area contributed by atoms with E-state index in [9.17, 15) is 0 Å². The van der Waals surface area contributed by atoms with Crippen LogP contribution in [0.15, 0.2) is 12.7 Å². The summed E-state index contributed by atoms with van der Waals surface area (Å²) in [6, 6.07) is 0. The van der Waals surface area contributed by atoms with Crippen LogP contribution < -0.4 is 0 Å². The van der Waals surface area contributed by atoms with E-state index >= 15 is 0 Å². The molecule has 0 aromatic heterocycles. The summed E-state index contributed by atoms with van der Waals surface area (Å²) >= 11 is 0. The van der Waals surface area contributed by atoms with Gasteiger partial charge in [-0.2, -0.15) is 0 Å². The van der Waals surface area contributed by atoms with Crippen LogP contribution in [0.25, 0.3) is 0 Å². The summed E-state index contributed by atoms with van der Waals surface area (Å²) in [5.74, 6) is 0.